The quantitative estimate of drug-likeness (QED) is 0.743. The van der Waals surface area contributed by atoms with Crippen molar-refractivity contribution in [1.82, 2.24) is 5.32 Å². The molecule has 1 aliphatic heterocycles. The molecular weight excluding hydrogens is 238 g/mol. The maximum absolute atomic E-state index is 8.97. The van der Waals surface area contributed by atoms with Gasteiger partial charge in [0.1, 0.15) is 5.75 Å². The highest BCUT2D eigenvalue weighted by molar-refractivity contribution is 5.37. The van der Waals surface area contributed by atoms with Crippen LogP contribution < -0.4 is 10.1 Å². The smallest absolute Gasteiger partial charge is 0.122 e. The van der Waals surface area contributed by atoms with E-state index in [0.717, 1.165) is 44.7 Å². The molecule has 106 valence electrons. The molecule has 0 aromatic heterocycles. The van der Waals surface area contributed by atoms with E-state index in [-0.39, 0.29) is 0 Å². The number of nitrogens with one attached hydrogen (secondary N) is 1. The second kappa shape index (κ2) is 7.51. The third kappa shape index (κ3) is 4.22. The van der Waals surface area contributed by atoms with Gasteiger partial charge in [0.25, 0.3) is 0 Å². The van der Waals surface area contributed by atoms with Gasteiger partial charge < -0.3 is 15.2 Å². The van der Waals surface area contributed by atoms with Crippen molar-refractivity contribution < 1.29 is 9.84 Å². The first-order valence-electron chi connectivity index (χ1n) is 7.34. The molecule has 1 aromatic carbocycles. The third-order valence-corrected chi connectivity index (χ3v) is 3.84. The fraction of sp³-hybridized carbons (Fsp3) is 0.625. The highest BCUT2D eigenvalue weighted by Crippen LogP contribution is 2.32. The average Bonchev–Trinajstić information content (AvgIpc) is 2.46. The van der Waals surface area contributed by atoms with Gasteiger partial charge in [0.05, 0.1) is 6.61 Å². The molecule has 0 amide bonds. The van der Waals surface area contributed by atoms with Crippen LogP contribution in [-0.2, 0) is 0 Å². The molecule has 1 heterocycles. The predicted octanol–water partition coefficient (Wildman–Crippen LogP) is 2.55. The molecule has 3 heteroatoms. The van der Waals surface area contributed by atoms with Crippen molar-refractivity contribution in [2.75, 3.05) is 26.3 Å². The molecule has 0 saturated heterocycles. The van der Waals surface area contributed by atoms with E-state index in [4.69, 9.17) is 9.84 Å². The van der Waals surface area contributed by atoms with Gasteiger partial charge in [-0.25, -0.2) is 0 Å². The van der Waals surface area contributed by atoms with Crippen LogP contribution in [0.1, 0.15) is 37.7 Å². The fourth-order valence-electron chi connectivity index (χ4n) is 2.57. The van der Waals surface area contributed by atoms with Gasteiger partial charge in [0, 0.05) is 19.1 Å². The Morgan fingerprint density at radius 1 is 1.42 bits per heavy atom. The summed E-state index contributed by atoms with van der Waals surface area (Å²) < 4.78 is 5.67. The molecule has 2 rings (SSSR count). The first-order chi connectivity index (χ1) is 9.31. The minimum Gasteiger partial charge on any atom is -0.493 e. The number of hydrogen-bond acceptors (Lipinski definition) is 3. The molecule has 0 fully saturated rings. The molecule has 19 heavy (non-hydrogen) atoms. The molecule has 2 unspecified atom stereocenters. The van der Waals surface area contributed by atoms with Crippen molar-refractivity contribution in [2.24, 2.45) is 5.92 Å². The van der Waals surface area contributed by atoms with Crippen LogP contribution in [0.3, 0.4) is 0 Å². The van der Waals surface area contributed by atoms with E-state index in [1.807, 2.05) is 6.07 Å². The van der Waals surface area contributed by atoms with Gasteiger partial charge in [0.15, 0.2) is 0 Å². The first kappa shape index (κ1) is 14.4. The third-order valence-electron chi connectivity index (χ3n) is 3.84. The maximum atomic E-state index is 8.97. The summed E-state index contributed by atoms with van der Waals surface area (Å²) in [5, 5.41) is 12.5. The lowest BCUT2D eigenvalue weighted by Gasteiger charge is -2.26. The molecule has 3 nitrogen and oxygen atoms in total. The first-order valence-corrected chi connectivity index (χ1v) is 7.34. The van der Waals surface area contributed by atoms with E-state index in [1.165, 1.54) is 5.56 Å². The van der Waals surface area contributed by atoms with Crippen LogP contribution in [0.25, 0.3) is 0 Å². The number of hydrogen-bond donors (Lipinski definition) is 2. The van der Waals surface area contributed by atoms with Gasteiger partial charge in [-0.1, -0.05) is 25.1 Å². The van der Waals surface area contributed by atoms with Crippen LogP contribution in [0.2, 0.25) is 0 Å². The number of aliphatic hydroxyl groups is 1. The van der Waals surface area contributed by atoms with E-state index >= 15 is 0 Å². The summed E-state index contributed by atoms with van der Waals surface area (Å²) >= 11 is 0. The molecule has 2 atom stereocenters. The molecule has 2 N–H and O–H groups in total. The van der Waals surface area contributed by atoms with Gasteiger partial charge >= 0.3 is 0 Å². The minimum absolute atomic E-state index is 0.299. The zero-order valence-corrected chi connectivity index (χ0v) is 11.8. The molecule has 0 saturated carbocycles. The van der Waals surface area contributed by atoms with Crippen molar-refractivity contribution in [3.63, 3.8) is 0 Å². The highest BCUT2D eigenvalue weighted by atomic mass is 16.5. The van der Waals surface area contributed by atoms with Crippen molar-refractivity contribution in [2.45, 2.75) is 32.1 Å². The van der Waals surface area contributed by atoms with Crippen LogP contribution >= 0.6 is 0 Å². The van der Waals surface area contributed by atoms with E-state index < -0.39 is 0 Å². The van der Waals surface area contributed by atoms with Gasteiger partial charge in [-0.05, 0) is 43.4 Å². The second-order valence-electron chi connectivity index (χ2n) is 5.51. The Morgan fingerprint density at radius 3 is 3.11 bits per heavy atom. The summed E-state index contributed by atoms with van der Waals surface area (Å²) in [5.74, 6) is 2.04. The average molecular weight is 263 g/mol. The Morgan fingerprint density at radius 2 is 2.26 bits per heavy atom. The van der Waals surface area contributed by atoms with Gasteiger partial charge in [0.2, 0.25) is 0 Å². The molecular formula is C16H25NO2. The van der Waals surface area contributed by atoms with E-state index in [9.17, 15) is 0 Å². The number of aliphatic hydroxyl groups excluding tert-OH is 1. The summed E-state index contributed by atoms with van der Waals surface area (Å²) in [5.41, 5.74) is 1.34. The van der Waals surface area contributed by atoms with Crippen molar-refractivity contribution in [1.29, 1.82) is 0 Å². The largest absolute Gasteiger partial charge is 0.493 e. The summed E-state index contributed by atoms with van der Waals surface area (Å²) in [7, 11) is 0. The van der Waals surface area contributed by atoms with Crippen molar-refractivity contribution in [3.8, 4) is 5.75 Å². The van der Waals surface area contributed by atoms with Crippen LogP contribution in [-0.4, -0.2) is 31.4 Å². The molecule has 1 aromatic rings. The number of fused-ring (bicyclic) bond motifs is 1. The maximum Gasteiger partial charge on any atom is 0.122 e. The van der Waals surface area contributed by atoms with Crippen LogP contribution in [0.4, 0.5) is 0 Å². The number of ether oxygens (including phenoxy) is 1. The SMILES string of the molecule is CC(CO)CCCNCC1CCOc2ccccc21. The zero-order chi connectivity index (χ0) is 13.5. The Bertz CT molecular complexity index is 381. The summed E-state index contributed by atoms with van der Waals surface area (Å²) in [4.78, 5) is 0. The van der Waals surface area contributed by atoms with Crippen molar-refractivity contribution in [3.05, 3.63) is 29.8 Å². The molecule has 0 spiro atoms. The lowest BCUT2D eigenvalue weighted by molar-refractivity contribution is 0.227. The Labute approximate surface area is 116 Å². The second-order valence-corrected chi connectivity index (χ2v) is 5.51. The summed E-state index contributed by atoms with van der Waals surface area (Å²) in [6.45, 7) is 5.27. The summed E-state index contributed by atoms with van der Waals surface area (Å²) in [6, 6.07) is 8.35. The topological polar surface area (TPSA) is 41.5 Å². The Balaban J connectivity index is 1.72. The highest BCUT2D eigenvalue weighted by Gasteiger charge is 2.20. The predicted molar refractivity (Wildman–Crippen MR) is 77.6 cm³/mol. The molecule has 1 aliphatic rings. The monoisotopic (exact) mass is 263 g/mol. The van der Waals surface area contributed by atoms with Gasteiger partial charge in [-0.2, -0.15) is 0 Å². The number of rotatable bonds is 7. The minimum atomic E-state index is 0.299. The van der Waals surface area contributed by atoms with Crippen LogP contribution in [0.15, 0.2) is 24.3 Å². The van der Waals surface area contributed by atoms with E-state index in [0.29, 0.717) is 18.4 Å². The lowest BCUT2D eigenvalue weighted by Crippen LogP contribution is -2.26. The number of para-hydroxylation sites is 1. The molecule has 0 radical (unpaired) electrons. The molecule has 0 aliphatic carbocycles. The molecule has 0 bridgehead atoms. The Kier molecular flexibility index (Phi) is 5.67. The van der Waals surface area contributed by atoms with Crippen LogP contribution in [0, 0.1) is 5.92 Å². The standard InChI is InChI=1S/C16H25NO2/c1-13(12-18)5-4-9-17-11-14-8-10-19-16-7-3-2-6-15(14)16/h2-3,6-7,13-14,17-18H,4-5,8-12H2,1H3. The summed E-state index contributed by atoms with van der Waals surface area (Å²) in [6.07, 6.45) is 3.32. The Hall–Kier alpha value is -1.06. The van der Waals surface area contributed by atoms with Gasteiger partial charge in [-0.15, -0.1) is 0 Å². The normalized spacial score (nSPS) is 19.6. The van der Waals surface area contributed by atoms with Crippen LogP contribution in [0.5, 0.6) is 5.75 Å². The fourth-order valence-corrected chi connectivity index (χ4v) is 2.57. The lowest BCUT2D eigenvalue weighted by atomic mass is 9.93. The number of benzene rings is 1. The van der Waals surface area contributed by atoms with Gasteiger partial charge in [-0.3, -0.25) is 0 Å². The zero-order valence-electron chi connectivity index (χ0n) is 11.8. The van der Waals surface area contributed by atoms with E-state index in [1.54, 1.807) is 0 Å². The van der Waals surface area contributed by atoms with E-state index in [2.05, 4.69) is 30.4 Å². The van der Waals surface area contributed by atoms with Crippen molar-refractivity contribution >= 4 is 0 Å².